The Kier molecular flexibility index (Phi) is 3.27. The van der Waals surface area contributed by atoms with Gasteiger partial charge in [-0.25, -0.2) is 0 Å². The number of fused-ring (bicyclic) bond motifs is 3. The van der Waals surface area contributed by atoms with Gasteiger partial charge >= 0.3 is 0 Å². The Morgan fingerprint density at radius 1 is 1.44 bits per heavy atom. The lowest BCUT2D eigenvalue weighted by atomic mass is 9.82. The van der Waals surface area contributed by atoms with Gasteiger partial charge in [0.2, 0.25) is 0 Å². The van der Waals surface area contributed by atoms with Gasteiger partial charge in [0, 0.05) is 36.4 Å². The van der Waals surface area contributed by atoms with E-state index in [4.69, 9.17) is 9.84 Å². The van der Waals surface area contributed by atoms with Gasteiger partial charge in [0.25, 0.3) is 0 Å². The molecule has 1 aromatic rings. The fourth-order valence-corrected chi connectivity index (χ4v) is 3.29. The van der Waals surface area contributed by atoms with Crippen molar-refractivity contribution < 1.29 is 9.84 Å². The number of aliphatic hydroxyl groups is 1. The van der Waals surface area contributed by atoms with Gasteiger partial charge in [0.05, 0.1) is 6.10 Å². The number of benzene rings is 1. The predicted molar refractivity (Wildman–Crippen MR) is 71.7 cm³/mol. The van der Waals surface area contributed by atoms with E-state index < -0.39 is 0 Å². The van der Waals surface area contributed by atoms with E-state index >= 15 is 0 Å². The molecule has 2 N–H and O–H groups in total. The van der Waals surface area contributed by atoms with Crippen LogP contribution in [0.4, 0.5) is 5.69 Å². The Balaban J connectivity index is 1.89. The Morgan fingerprint density at radius 3 is 3.17 bits per heavy atom. The van der Waals surface area contributed by atoms with Gasteiger partial charge in [-0.05, 0) is 32.3 Å². The maximum Gasteiger partial charge on any atom is 0.0893 e. The molecule has 2 aliphatic heterocycles. The van der Waals surface area contributed by atoms with Crippen molar-refractivity contribution in [3.63, 3.8) is 0 Å². The zero-order valence-electron chi connectivity index (χ0n) is 10.9. The van der Waals surface area contributed by atoms with E-state index in [9.17, 15) is 0 Å². The Morgan fingerprint density at radius 2 is 2.33 bits per heavy atom. The van der Waals surface area contributed by atoms with E-state index in [1.165, 1.54) is 16.8 Å². The number of aliphatic hydroxyl groups excluding tert-OH is 1. The van der Waals surface area contributed by atoms with E-state index in [1.807, 2.05) is 0 Å². The van der Waals surface area contributed by atoms with Crippen molar-refractivity contribution in [3.05, 3.63) is 29.3 Å². The summed E-state index contributed by atoms with van der Waals surface area (Å²) in [4.78, 5) is 0. The summed E-state index contributed by atoms with van der Waals surface area (Å²) in [5, 5.41) is 12.6. The van der Waals surface area contributed by atoms with Crippen LogP contribution in [-0.2, 0) is 4.74 Å². The number of hydrogen-bond acceptors (Lipinski definition) is 3. The Labute approximate surface area is 108 Å². The monoisotopic (exact) mass is 247 g/mol. The average Bonchev–Trinajstić information content (AvgIpc) is 2.86. The maximum absolute atomic E-state index is 9.01. The van der Waals surface area contributed by atoms with Crippen LogP contribution in [0.5, 0.6) is 0 Å². The second-order valence-corrected chi connectivity index (χ2v) is 5.45. The summed E-state index contributed by atoms with van der Waals surface area (Å²) < 4.78 is 5.95. The van der Waals surface area contributed by atoms with Crippen LogP contribution in [0, 0.1) is 12.8 Å². The highest BCUT2D eigenvalue weighted by Gasteiger charge is 2.40. The summed E-state index contributed by atoms with van der Waals surface area (Å²) in [6.45, 7) is 3.26. The van der Waals surface area contributed by atoms with Gasteiger partial charge < -0.3 is 15.2 Å². The number of anilines is 1. The molecule has 0 spiro atoms. The number of ether oxygens (including phenoxy) is 1. The molecule has 0 radical (unpaired) electrons. The molecule has 18 heavy (non-hydrogen) atoms. The molecule has 1 aromatic carbocycles. The van der Waals surface area contributed by atoms with Crippen molar-refractivity contribution in [2.24, 2.45) is 5.92 Å². The normalized spacial score (nSPS) is 29.6. The molecule has 0 amide bonds. The van der Waals surface area contributed by atoms with Crippen LogP contribution >= 0.6 is 0 Å². The third-order valence-corrected chi connectivity index (χ3v) is 4.18. The molecule has 0 bridgehead atoms. The summed E-state index contributed by atoms with van der Waals surface area (Å²) in [6.07, 6.45) is 3.27. The highest BCUT2D eigenvalue weighted by molar-refractivity contribution is 5.57. The van der Waals surface area contributed by atoms with Crippen molar-refractivity contribution >= 4 is 5.69 Å². The van der Waals surface area contributed by atoms with Crippen LogP contribution in [0.1, 0.15) is 36.5 Å². The van der Waals surface area contributed by atoms with Crippen LogP contribution in [0.3, 0.4) is 0 Å². The molecule has 1 fully saturated rings. The third-order valence-electron chi connectivity index (χ3n) is 4.18. The first kappa shape index (κ1) is 12.0. The van der Waals surface area contributed by atoms with Crippen molar-refractivity contribution in [3.8, 4) is 0 Å². The highest BCUT2D eigenvalue weighted by atomic mass is 16.5. The SMILES string of the molecule is Cc1ccc2c(c1)[C@@H]1OCC[C@H]1[C@@H](CCCO)N2. The van der Waals surface area contributed by atoms with Gasteiger partial charge in [0.1, 0.15) is 0 Å². The van der Waals surface area contributed by atoms with E-state index in [1.54, 1.807) is 0 Å². The van der Waals surface area contributed by atoms with Crippen LogP contribution in [0.15, 0.2) is 18.2 Å². The lowest BCUT2D eigenvalue weighted by Crippen LogP contribution is -2.36. The summed E-state index contributed by atoms with van der Waals surface area (Å²) in [7, 11) is 0. The number of hydrogen-bond donors (Lipinski definition) is 2. The molecule has 2 heterocycles. The van der Waals surface area contributed by atoms with E-state index in [-0.39, 0.29) is 12.7 Å². The van der Waals surface area contributed by atoms with Gasteiger partial charge in [-0.15, -0.1) is 0 Å². The van der Waals surface area contributed by atoms with Crippen molar-refractivity contribution in [1.29, 1.82) is 0 Å². The number of nitrogens with one attached hydrogen (secondary N) is 1. The molecular formula is C15H21NO2. The fraction of sp³-hybridized carbons (Fsp3) is 0.600. The lowest BCUT2D eigenvalue weighted by molar-refractivity contribution is 0.0813. The first-order valence-corrected chi connectivity index (χ1v) is 6.89. The quantitative estimate of drug-likeness (QED) is 0.862. The lowest BCUT2D eigenvalue weighted by Gasteiger charge is -2.36. The van der Waals surface area contributed by atoms with Crippen molar-refractivity contribution in [2.75, 3.05) is 18.5 Å². The molecule has 1 saturated heterocycles. The maximum atomic E-state index is 9.01. The zero-order valence-corrected chi connectivity index (χ0v) is 10.9. The Bertz CT molecular complexity index is 433. The fourth-order valence-electron chi connectivity index (χ4n) is 3.29. The minimum Gasteiger partial charge on any atom is -0.396 e. The smallest absolute Gasteiger partial charge is 0.0893 e. The predicted octanol–water partition coefficient (Wildman–Crippen LogP) is 2.64. The molecule has 3 atom stereocenters. The van der Waals surface area contributed by atoms with Gasteiger partial charge in [-0.2, -0.15) is 0 Å². The summed E-state index contributed by atoms with van der Waals surface area (Å²) in [5.74, 6) is 0.561. The Hall–Kier alpha value is -1.06. The standard InChI is InChI=1S/C15H21NO2/c1-10-4-5-14-12(9-10)15-11(6-8-18-15)13(16-14)3-2-7-17/h4-5,9,11,13,15-17H,2-3,6-8H2,1H3/t11-,13+,15+/m0/s1. The van der Waals surface area contributed by atoms with E-state index in [0.29, 0.717) is 12.0 Å². The van der Waals surface area contributed by atoms with E-state index in [0.717, 1.165) is 25.9 Å². The first-order chi connectivity index (χ1) is 8.79. The molecule has 0 aromatic heterocycles. The first-order valence-electron chi connectivity index (χ1n) is 6.89. The van der Waals surface area contributed by atoms with Crippen molar-refractivity contribution in [1.82, 2.24) is 0 Å². The molecule has 3 nitrogen and oxygen atoms in total. The molecule has 0 aliphatic carbocycles. The van der Waals surface area contributed by atoms with Gasteiger partial charge in [0.15, 0.2) is 0 Å². The van der Waals surface area contributed by atoms with Gasteiger partial charge in [-0.1, -0.05) is 17.7 Å². The van der Waals surface area contributed by atoms with Crippen LogP contribution in [-0.4, -0.2) is 24.4 Å². The number of aryl methyl sites for hydroxylation is 1. The summed E-state index contributed by atoms with van der Waals surface area (Å²) in [6, 6.07) is 6.99. The van der Waals surface area contributed by atoms with Crippen molar-refractivity contribution in [2.45, 2.75) is 38.3 Å². The third kappa shape index (κ3) is 2.02. The second kappa shape index (κ2) is 4.90. The topological polar surface area (TPSA) is 41.5 Å². The van der Waals surface area contributed by atoms with E-state index in [2.05, 4.69) is 30.4 Å². The largest absolute Gasteiger partial charge is 0.396 e. The molecule has 3 rings (SSSR count). The summed E-state index contributed by atoms with van der Waals surface area (Å²) in [5.41, 5.74) is 3.82. The van der Waals surface area contributed by atoms with Crippen LogP contribution < -0.4 is 5.32 Å². The second-order valence-electron chi connectivity index (χ2n) is 5.45. The minimum absolute atomic E-state index is 0.254. The minimum atomic E-state index is 0.254. The van der Waals surface area contributed by atoms with Gasteiger partial charge in [-0.3, -0.25) is 0 Å². The molecule has 0 saturated carbocycles. The number of rotatable bonds is 3. The summed E-state index contributed by atoms with van der Waals surface area (Å²) >= 11 is 0. The average molecular weight is 247 g/mol. The zero-order chi connectivity index (χ0) is 12.5. The highest BCUT2D eigenvalue weighted by Crippen LogP contribution is 2.45. The molecular weight excluding hydrogens is 226 g/mol. The molecule has 98 valence electrons. The van der Waals surface area contributed by atoms with Crippen LogP contribution in [0.2, 0.25) is 0 Å². The molecule has 3 heteroatoms. The molecule has 0 unspecified atom stereocenters. The van der Waals surface area contributed by atoms with Crippen LogP contribution in [0.25, 0.3) is 0 Å². The molecule has 2 aliphatic rings.